The molecule has 0 amide bonds. The summed E-state index contributed by atoms with van der Waals surface area (Å²) in [6.07, 6.45) is 9.78. The molecular formula is C19H17FN4. The fourth-order valence-electron chi connectivity index (χ4n) is 2.85. The second-order valence-electron chi connectivity index (χ2n) is 5.92. The van der Waals surface area contributed by atoms with Gasteiger partial charge in [0.15, 0.2) is 0 Å². The Hall–Kier alpha value is -2.95. The molecule has 2 aromatic heterocycles. The Kier molecular flexibility index (Phi) is 3.61. The van der Waals surface area contributed by atoms with Crippen LogP contribution in [0.5, 0.6) is 0 Å². The Labute approximate surface area is 139 Å². The lowest BCUT2D eigenvalue weighted by atomic mass is 10.0. The predicted molar refractivity (Wildman–Crippen MR) is 92.9 cm³/mol. The van der Waals surface area contributed by atoms with Crippen molar-refractivity contribution >= 4 is 11.0 Å². The third kappa shape index (κ3) is 2.69. The average Bonchev–Trinajstić information content (AvgIpc) is 3.00. The number of dihydropyridines is 1. The summed E-state index contributed by atoms with van der Waals surface area (Å²) in [4.78, 5) is 4.49. The minimum Gasteiger partial charge on any atom is -0.387 e. The molecule has 4 nitrogen and oxygen atoms in total. The number of halogens is 1. The van der Waals surface area contributed by atoms with Crippen LogP contribution in [-0.2, 0) is 6.54 Å². The molecule has 4 rings (SSSR count). The van der Waals surface area contributed by atoms with E-state index in [9.17, 15) is 4.39 Å². The smallest absolute Gasteiger partial charge is 0.126 e. The number of nitrogens with zero attached hydrogens (tertiary/aromatic N) is 3. The van der Waals surface area contributed by atoms with Gasteiger partial charge in [0.2, 0.25) is 0 Å². The van der Waals surface area contributed by atoms with E-state index in [-0.39, 0.29) is 5.82 Å². The van der Waals surface area contributed by atoms with E-state index >= 15 is 0 Å². The molecule has 3 heterocycles. The molecule has 0 bridgehead atoms. The van der Waals surface area contributed by atoms with Gasteiger partial charge in [-0.15, -0.1) is 0 Å². The molecule has 1 aromatic carbocycles. The summed E-state index contributed by atoms with van der Waals surface area (Å²) in [5.41, 5.74) is 5.52. The van der Waals surface area contributed by atoms with Gasteiger partial charge in [-0.3, -0.25) is 9.67 Å². The van der Waals surface area contributed by atoms with Crippen LogP contribution in [0.4, 0.5) is 4.39 Å². The Balaban J connectivity index is 1.73. The van der Waals surface area contributed by atoms with Crippen LogP contribution in [0, 0.1) is 12.7 Å². The largest absolute Gasteiger partial charge is 0.387 e. The number of aromatic nitrogens is 3. The standard InChI is InChI=1S/C19H17FN4/c1-13-7-15(4-5-17(13)20)16-8-19-18(22-10-16)11-23-24(19)12-14-3-2-6-21-9-14/h2-5,7-11,21H,6,12H2,1H3. The highest BCUT2D eigenvalue weighted by atomic mass is 19.1. The lowest BCUT2D eigenvalue weighted by Crippen LogP contribution is -2.12. The SMILES string of the molecule is Cc1cc(-c2cnc3cnn(CC4=CNCC=C4)c3c2)ccc1F. The summed E-state index contributed by atoms with van der Waals surface area (Å²) < 4.78 is 15.4. The van der Waals surface area contributed by atoms with Crippen LogP contribution in [-0.4, -0.2) is 21.3 Å². The number of hydrogen-bond donors (Lipinski definition) is 1. The summed E-state index contributed by atoms with van der Waals surface area (Å²) in [6.45, 7) is 3.31. The summed E-state index contributed by atoms with van der Waals surface area (Å²) in [6, 6.07) is 7.18. The summed E-state index contributed by atoms with van der Waals surface area (Å²) in [5.74, 6) is -0.193. The summed E-state index contributed by atoms with van der Waals surface area (Å²) in [7, 11) is 0. The Bertz CT molecular complexity index is 969. The van der Waals surface area contributed by atoms with E-state index in [1.54, 1.807) is 19.2 Å². The fourth-order valence-corrected chi connectivity index (χ4v) is 2.85. The normalized spacial score (nSPS) is 13.8. The minimum absolute atomic E-state index is 0.193. The molecule has 0 radical (unpaired) electrons. The molecule has 5 heteroatoms. The molecule has 0 spiro atoms. The van der Waals surface area contributed by atoms with Crippen molar-refractivity contribution in [2.24, 2.45) is 0 Å². The molecule has 0 atom stereocenters. The molecule has 0 saturated heterocycles. The van der Waals surface area contributed by atoms with E-state index in [0.29, 0.717) is 12.1 Å². The van der Waals surface area contributed by atoms with Crippen LogP contribution in [0.2, 0.25) is 0 Å². The number of benzene rings is 1. The Morgan fingerprint density at radius 2 is 2.12 bits per heavy atom. The van der Waals surface area contributed by atoms with Crippen molar-refractivity contribution in [3.63, 3.8) is 0 Å². The maximum Gasteiger partial charge on any atom is 0.126 e. The molecule has 1 aliphatic heterocycles. The zero-order valence-corrected chi connectivity index (χ0v) is 13.3. The van der Waals surface area contributed by atoms with Crippen molar-refractivity contribution in [3.8, 4) is 11.1 Å². The van der Waals surface area contributed by atoms with Crippen molar-refractivity contribution in [3.05, 3.63) is 72.0 Å². The second-order valence-corrected chi connectivity index (χ2v) is 5.92. The van der Waals surface area contributed by atoms with Crippen molar-refractivity contribution < 1.29 is 4.39 Å². The number of allylic oxidation sites excluding steroid dienone is 2. The van der Waals surface area contributed by atoms with Crippen molar-refractivity contribution in [1.82, 2.24) is 20.1 Å². The maximum atomic E-state index is 13.5. The van der Waals surface area contributed by atoms with E-state index in [4.69, 9.17) is 0 Å². The number of hydrogen-bond acceptors (Lipinski definition) is 3. The molecule has 120 valence electrons. The zero-order chi connectivity index (χ0) is 16.5. The summed E-state index contributed by atoms with van der Waals surface area (Å²) in [5, 5.41) is 7.65. The van der Waals surface area contributed by atoms with Gasteiger partial charge in [-0.05, 0) is 41.8 Å². The van der Waals surface area contributed by atoms with Crippen molar-refractivity contribution in [2.45, 2.75) is 13.5 Å². The van der Waals surface area contributed by atoms with Crippen LogP contribution in [0.1, 0.15) is 5.56 Å². The third-order valence-electron chi connectivity index (χ3n) is 4.17. The lowest BCUT2D eigenvalue weighted by molar-refractivity contribution is 0.619. The van der Waals surface area contributed by atoms with Crippen LogP contribution >= 0.6 is 0 Å². The number of aryl methyl sites for hydroxylation is 1. The topological polar surface area (TPSA) is 42.7 Å². The average molecular weight is 320 g/mol. The first-order valence-corrected chi connectivity index (χ1v) is 7.88. The quantitative estimate of drug-likeness (QED) is 0.802. The molecule has 1 N–H and O–H groups in total. The molecule has 0 aliphatic carbocycles. The van der Waals surface area contributed by atoms with Gasteiger partial charge in [0.1, 0.15) is 11.3 Å². The third-order valence-corrected chi connectivity index (χ3v) is 4.17. The highest BCUT2D eigenvalue weighted by Gasteiger charge is 2.09. The Morgan fingerprint density at radius 1 is 1.21 bits per heavy atom. The van der Waals surface area contributed by atoms with Crippen molar-refractivity contribution in [1.29, 1.82) is 0 Å². The van der Waals surface area contributed by atoms with Gasteiger partial charge in [0.05, 0.1) is 18.3 Å². The summed E-state index contributed by atoms with van der Waals surface area (Å²) >= 11 is 0. The van der Waals surface area contributed by atoms with Crippen LogP contribution in [0.25, 0.3) is 22.2 Å². The fraction of sp³-hybridized carbons (Fsp3) is 0.158. The molecule has 0 fully saturated rings. The first kappa shape index (κ1) is 14.6. The van der Waals surface area contributed by atoms with Gasteiger partial charge < -0.3 is 5.32 Å². The molecule has 24 heavy (non-hydrogen) atoms. The zero-order valence-electron chi connectivity index (χ0n) is 13.3. The first-order valence-electron chi connectivity index (χ1n) is 7.88. The van der Waals surface area contributed by atoms with E-state index in [1.165, 1.54) is 6.07 Å². The van der Waals surface area contributed by atoms with Crippen LogP contribution in [0.15, 0.2) is 60.6 Å². The van der Waals surface area contributed by atoms with Crippen LogP contribution in [0.3, 0.4) is 0 Å². The first-order chi connectivity index (χ1) is 11.7. The number of nitrogens with one attached hydrogen (secondary N) is 1. The molecule has 0 unspecified atom stereocenters. The van der Waals surface area contributed by atoms with E-state index < -0.39 is 0 Å². The number of rotatable bonds is 3. The Morgan fingerprint density at radius 3 is 2.92 bits per heavy atom. The molecular weight excluding hydrogens is 303 g/mol. The van der Waals surface area contributed by atoms with Crippen LogP contribution < -0.4 is 5.32 Å². The van der Waals surface area contributed by atoms with Gasteiger partial charge in [0, 0.05) is 24.5 Å². The monoisotopic (exact) mass is 320 g/mol. The molecule has 1 aliphatic rings. The maximum absolute atomic E-state index is 13.5. The molecule has 0 saturated carbocycles. The lowest BCUT2D eigenvalue weighted by Gasteiger charge is -2.10. The van der Waals surface area contributed by atoms with E-state index in [2.05, 4.69) is 33.6 Å². The van der Waals surface area contributed by atoms with Gasteiger partial charge >= 0.3 is 0 Å². The molecule has 3 aromatic rings. The highest BCUT2D eigenvalue weighted by Crippen LogP contribution is 2.25. The van der Waals surface area contributed by atoms with Gasteiger partial charge in [-0.25, -0.2) is 4.39 Å². The number of fused-ring (bicyclic) bond motifs is 1. The second kappa shape index (κ2) is 5.92. The minimum atomic E-state index is -0.193. The van der Waals surface area contributed by atoms with E-state index in [0.717, 1.165) is 34.3 Å². The van der Waals surface area contributed by atoms with Gasteiger partial charge in [-0.1, -0.05) is 18.2 Å². The number of pyridine rings is 1. The highest BCUT2D eigenvalue weighted by molar-refractivity contribution is 5.80. The predicted octanol–water partition coefficient (Wildman–Crippen LogP) is 3.59. The van der Waals surface area contributed by atoms with E-state index in [1.807, 2.05) is 23.1 Å². The van der Waals surface area contributed by atoms with Gasteiger partial charge in [0.25, 0.3) is 0 Å². The van der Waals surface area contributed by atoms with Crippen molar-refractivity contribution in [2.75, 3.05) is 6.54 Å². The van der Waals surface area contributed by atoms with Gasteiger partial charge in [-0.2, -0.15) is 5.10 Å².